The van der Waals surface area contributed by atoms with Crippen molar-refractivity contribution < 1.29 is 28.9 Å². The van der Waals surface area contributed by atoms with Crippen molar-refractivity contribution in [3.63, 3.8) is 0 Å². The lowest BCUT2D eigenvalue weighted by Crippen LogP contribution is -2.33. The molecule has 3 rings (SSSR count). The van der Waals surface area contributed by atoms with Crippen molar-refractivity contribution >= 4 is 17.6 Å². The number of ether oxygens (including phenoxy) is 1. The Morgan fingerprint density at radius 2 is 2.19 bits per heavy atom. The van der Waals surface area contributed by atoms with Crippen LogP contribution in [0.1, 0.15) is 29.4 Å². The molecule has 168 valence electrons. The van der Waals surface area contributed by atoms with E-state index in [-0.39, 0.29) is 28.9 Å². The molecule has 1 unspecified atom stereocenters. The highest BCUT2D eigenvalue weighted by molar-refractivity contribution is 5.93. The third-order valence-corrected chi connectivity index (χ3v) is 5.15. The maximum absolute atomic E-state index is 14.6. The number of nitrogens with one attached hydrogen (secondary N) is 2. The van der Waals surface area contributed by atoms with Gasteiger partial charge < -0.3 is 25.6 Å². The van der Waals surface area contributed by atoms with E-state index in [2.05, 4.69) is 27.5 Å². The minimum Gasteiger partial charge on any atom is -0.476 e. The number of aromatic carboxylic acids is 1. The molecule has 1 amide bonds. The first-order chi connectivity index (χ1) is 15.3. The Hall–Kier alpha value is -3.48. The first-order valence-electron chi connectivity index (χ1n) is 10.0. The van der Waals surface area contributed by atoms with E-state index in [1.807, 2.05) is 6.92 Å². The maximum Gasteiger partial charge on any atom is 0.356 e. The Labute approximate surface area is 184 Å². The van der Waals surface area contributed by atoms with Crippen LogP contribution in [-0.2, 0) is 9.53 Å². The second kappa shape index (κ2) is 9.77. The van der Waals surface area contributed by atoms with Crippen molar-refractivity contribution in [2.24, 2.45) is 5.41 Å². The molecule has 0 radical (unpaired) electrons. The van der Waals surface area contributed by atoms with Gasteiger partial charge in [0.05, 0.1) is 24.6 Å². The van der Waals surface area contributed by atoms with Gasteiger partial charge in [-0.1, -0.05) is 11.8 Å². The van der Waals surface area contributed by atoms with E-state index >= 15 is 0 Å². The van der Waals surface area contributed by atoms with Crippen molar-refractivity contribution in [3.8, 4) is 23.1 Å². The fraction of sp³-hybridized carbons (Fsp3) is 0.348. The molecule has 0 bridgehead atoms. The van der Waals surface area contributed by atoms with Crippen molar-refractivity contribution in [2.75, 3.05) is 32.2 Å². The van der Waals surface area contributed by atoms with Crippen LogP contribution in [0, 0.1) is 23.1 Å². The molecule has 1 aromatic carbocycles. The summed E-state index contributed by atoms with van der Waals surface area (Å²) < 4.78 is 19.6. The monoisotopic (exact) mass is 441 g/mol. The molecule has 1 aliphatic rings. The number of carboxylic acids is 1. The molecule has 2 aromatic rings. The number of carboxylic acid groups (broad SMARTS) is 1. The molecule has 9 heteroatoms. The fourth-order valence-corrected chi connectivity index (χ4v) is 3.42. The van der Waals surface area contributed by atoms with Crippen LogP contribution < -0.4 is 10.6 Å². The van der Waals surface area contributed by atoms with Gasteiger partial charge in [0.2, 0.25) is 5.91 Å². The summed E-state index contributed by atoms with van der Waals surface area (Å²) in [4.78, 5) is 27.9. The molecule has 2 atom stereocenters. The van der Waals surface area contributed by atoms with E-state index in [9.17, 15) is 24.2 Å². The topological polar surface area (TPSA) is 121 Å². The van der Waals surface area contributed by atoms with E-state index in [1.165, 1.54) is 37.4 Å². The molecular weight excluding hydrogens is 417 g/mol. The molecule has 2 heterocycles. The molecule has 1 saturated heterocycles. The Kier molecular flexibility index (Phi) is 7.08. The SMILES string of the molecule is COCC(C)Nc1ccc(-c2cc(C#C[C@@]3(CO)CCNC3=O)ccc2F)nc1C(=O)O. The third kappa shape index (κ3) is 4.88. The summed E-state index contributed by atoms with van der Waals surface area (Å²) in [6.45, 7) is 2.20. The largest absolute Gasteiger partial charge is 0.476 e. The van der Waals surface area contributed by atoms with Gasteiger partial charge in [-0.15, -0.1) is 0 Å². The van der Waals surface area contributed by atoms with Gasteiger partial charge in [-0.3, -0.25) is 4.79 Å². The van der Waals surface area contributed by atoms with Gasteiger partial charge in [-0.2, -0.15) is 0 Å². The number of carbonyl (C=O) groups excluding carboxylic acids is 1. The van der Waals surface area contributed by atoms with E-state index in [4.69, 9.17) is 4.74 Å². The minimum atomic E-state index is -1.26. The molecule has 0 saturated carbocycles. The number of rotatable bonds is 7. The first-order valence-corrected chi connectivity index (χ1v) is 10.0. The van der Waals surface area contributed by atoms with E-state index in [1.54, 1.807) is 0 Å². The highest BCUT2D eigenvalue weighted by Gasteiger charge is 2.40. The van der Waals surface area contributed by atoms with E-state index < -0.39 is 23.8 Å². The zero-order chi connectivity index (χ0) is 23.3. The van der Waals surface area contributed by atoms with Crippen LogP contribution in [0.5, 0.6) is 0 Å². The number of hydrogen-bond donors (Lipinski definition) is 4. The van der Waals surface area contributed by atoms with Crippen LogP contribution in [-0.4, -0.2) is 60.0 Å². The van der Waals surface area contributed by atoms with Crippen LogP contribution in [0.25, 0.3) is 11.3 Å². The van der Waals surface area contributed by atoms with Crippen LogP contribution in [0.15, 0.2) is 30.3 Å². The Morgan fingerprint density at radius 3 is 2.81 bits per heavy atom. The normalized spacial score (nSPS) is 18.4. The quantitative estimate of drug-likeness (QED) is 0.484. The number of hydrogen-bond acceptors (Lipinski definition) is 6. The van der Waals surface area contributed by atoms with Gasteiger partial charge in [0.1, 0.15) is 11.2 Å². The lowest BCUT2D eigenvalue weighted by atomic mass is 9.88. The van der Waals surface area contributed by atoms with Crippen molar-refractivity contribution in [1.29, 1.82) is 0 Å². The van der Waals surface area contributed by atoms with Gasteiger partial charge in [0.25, 0.3) is 0 Å². The fourth-order valence-electron chi connectivity index (χ4n) is 3.42. The minimum absolute atomic E-state index is 0.0738. The third-order valence-electron chi connectivity index (χ3n) is 5.15. The summed E-state index contributed by atoms with van der Waals surface area (Å²) in [6.07, 6.45) is 0.378. The summed E-state index contributed by atoms with van der Waals surface area (Å²) >= 11 is 0. The number of anilines is 1. The standard InChI is InChI=1S/C23H24FN3O5/c1-14(12-32-2)26-19-6-5-18(27-20(19)21(29)30)16-11-15(3-4-17(16)24)7-8-23(13-28)9-10-25-22(23)31/h3-6,11,14,26,28H,9-10,12-13H2,1-2H3,(H,25,31)(H,29,30)/t14?,23-/m0/s1. The number of aromatic nitrogens is 1. The van der Waals surface area contributed by atoms with E-state index in [0.717, 1.165) is 0 Å². The summed E-state index contributed by atoms with van der Waals surface area (Å²) in [5.74, 6) is 3.45. The number of carbonyl (C=O) groups is 2. The molecule has 1 aliphatic heterocycles. The van der Waals surface area contributed by atoms with Gasteiger partial charge in [-0.25, -0.2) is 14.2 Å². The second-order valence-electron chi connectivity index (χ2n) is 7.59. The highest BCUT2D eigenvalue weighted by atomic mass is 19.1. The summed E-state index contributed by atoms with van der Waals surface area (Å²) in [7, 11) is 1.54. The lowest BCUT2D eigenvalue weighted by molar-refractivity contribution is -0.126. The number of amides is 1. The van der Waals surface area contributed by atoms with Crippen LogP contribution in [0.3, 0.4) is 0 Å². The number of aliphatic hydroxyl groups excluding tert-OH is 1. The summed E-state index contributed by atoms with van der Waals surface area (Å²) in [5, 5.41) is 24.9. The number of benzene rings is 1. The van der Waals surface area contributed by atoms with Gasteiger partial charge in [0.15, 0.2) is 5.69 Å². The van der Waals surface area contributed by atoms with Crippen LogP contribution in [0.4, 0.5) is 10.1 Å². The zero-order valence-corrected chi connectivity index (χ0v) is 17.7. The van der Waals surface area contributed by atoms with Gasteiger partial charge >= 0.3 is 5.97 Å². The average Bonchev–Trinajstić information content (AvgIpc) is 3.14. The Bertz CT molecular complexity index is 1090. The Morgan fingerprint density at radius 1 is 1.41 bits per heavy atom. The molecule has 4 N–H and O–H groups in total. The van der Waals surface area contributed by atoms with E-state index in [0.29, 0.717) is 30.8 Å². The summed E-state index contributed by atoms with van der Waals surface area (Å²) in [6, 6.07) is 6.98. The van der Waals surface area contributed by atoms with Gasteiger partial charge in [0, 0.05) is 30.8 Å². The predicted octanol–water partition coefficient (Wildman–Crippen LogP) is 1.88. The molecule has 0 aliphatic carbocycles. The number of aliphatic hydroxyl groups is 1. The van der Waals surface area contributed by atoms with Crippen LogP contribution >= 0.6 is 0 Å². The van der Waals surface area contributed by atoms with Crippen molar-refractivity contribution in [3.05, 3.63) is 47.4 Å². The van der Waals surface area contributed by atoms with Gasteiger partial charge in [-0.05, 0) is 43.7 Å². The number of halogens is 1. The molecule has 8 nitrogen and oxygen atoms in total. The smallest absolute Gasteiger partial charge is 0.356 e. The zero-order valence-electron chi connectivity index (χ0n) is 17.7. The molecule has 32 heavy (non-hydrogen) atoms. The van der Waals surface area contributed by atoms with Crippen LogP contribution in [0.2, 0.25) is 0 Å². The highest BCUT2D eigenvalue weighted by Crippen LogP contribution is 2.27. The maximum atomic E-state index is 14.6. The molecule has 1 aromatic heterocycles. The number of nitrogens with zero attached hydrogens (tertiary/aromatic N) is 1. The summed E-state index contributed by atoms with van der Waals surface area (Å²) in [5.41, 5.74) is -0.533. The molecule has 1 fully saturated rings. The van der Waals surface area contributed by atoms with Crippen molar-refractivity contribution in [1.82, 2.24) is 10.3 Å². The van der Waals surface area contributed by atoms with Crippen molar-refractivity contribution in [2.45, 2.75) is 19.4 Å². The lowest BCUT2D eigenvalue weighted by Gasteiger charge is -2.16. The molecule has 0 spiro atoms. The number of pyridine rings is 1. The second-order valence-corrected chi connectivity index (χ2v) is 7.59. The number of methoxy groups -OCH3 is 1. The predicted molar refractivity (Wildman–Crippen MR) is 116 cm³/mol. The average molecular weight is 441 g/mol. The first kappa shape index (κ1) is 23.2. The Balaban J connectivity index is 1.97. The molecular formula is C23H24FN3O5.